The van der Waals surface area contributed by atoms with Gasteiger partial charge in [0, 0.05) is 17.0 Å². The number of hydrogen-bond acceptors (Lipinski definition) is 3. The molecule has 0 atom stereocenters. The van der Waals surface area contributed by atoms with Crippen LogP contribution in [0.4, 0.5) is 0 Å². The molecule has 0 aliphatic carbocycles. The number of rotatable bonds is 12. The molecule has 3 rings (SSSR count). The molecule has 0 spiro atoms. The summed E-state index contributed by atoms with van der Waals surface area (Å²) in [5.74, 6) is 1.00. The number of ether oxygens (including phenoxy) is 1. The fourth-order valence-electron chi connectivity index (χ4n) is 3.28. The zero-order chi connectivity index (χ0) is 19.4. The Bertz CT molecular complexity index is 799. The predicted molar refractivity (Wildman–Crippen MR) is 121 cm³/mol. The van der Waals surface area contributed by atoms with Gasteiger partial charge in [0.1, 0.15) is 5.75 Å². The quantitative estimate of drug-likeness (QED) is 0.345. The average molecular weight is 394 g/mol. The Labute approximate surface area is 173 Å². The molecule has 0 bridgehead atoms. The van der Waals surface area contributed by atoms with E-state index in [0.29, 0.717) is 0 Å². The first-order valence-electron chi connectivity index (χ1n) is 10.4. The minimum absolute atomic E-state index is 0.778. The molecule has 0 amide bonds. The zero-order valence-electron chi connectivity index (χ0n) is 16.8. The number of aryl methyl sites for hydroxylation is 1. The van der Waals surface area contributed by atoms with Gasteiger partial charge < -0.3 is 10.1 Å². The number of thiophene rings is 1. The van der Waals surface area contributed by atoms with Crippen LogP contribution < -0.4 is 10.1 Å². The summed E-state index contributed by atoms with van der Waals surface area (Å²) in [6, 6.07) is 21.6. The Morgan fingerprint density at radius 3 is 2.57 bits per heavy atom. The maximum atomic E-state index is 6.18. The monoisotopic (exact) mass is 393 g/mol. The van der Waals surface area contributed by atoms with E-state index in [4.69, 9.17) is 4.74 Å². The molecule has 148 valence electrons. The first-order valence-corrected chi connectivity index (χ1v) is 11.3. The van der Waals surface area contributed by atoms with Gasteiger partial charge in [-0.05, 0) is 73.4 Å². The van der Waals surface area contributed by atoms with Crippen LogP contribution in [-0.4, -0.2) is 13.2 Å². The summed E-state index contributed by atoms with van der Waals surface area (Å²) in [5.41, 5.74) is 3.96. The van der Waals surface area contributed by atoms with Gasteiger partial charge in [0.25, 0.3) is 0 Å². The summed E-state index contributed by atoms with van der Waals surface area (Å²) in [5, 5.41) is 5.62. The molecule has 2 aromatic carbocycles. The van der Waals surface area contributed by atoms with Crippen molar-refractivity contribution in [3.05, 3.63) is 77.2 Å². The molecule has 1 N–H and O–H groups in total. The van der Waals surface area contributed by atoms with E-state index in [9.17, 15) is 0 Å². The van der Waals surface area contributed by atoms with Gasteiger partial charge in [0.15, 0.2) is 0 Å². The van der Waals surface area contributed by atoms with E-state index >= 15 is 0 Å². The molecular formula is C25H31NOS. The van der Waals surface area contributed by atoms with Gasteiger partial charge in [-0.15, -0.1) is 11.3 Å². The molecule has 0 aliphatic rings. The van der Waals surface area contributed by atoms with Gasteiger partial charge in [0.05, 0.1) is 6.61 Å². The van der Waals surface area contributed by atoms with Crippen molar-refractivity contribution < 1.29 is 4.74 Å². The predicted octanol–water partition coefficient (Wildman–Crippen LogP) is 6.71. The van der Waals surface area contributed by atoms with E-state index in [1.54, 1.807) is 11.3 Å². The van der Waals surface area contributed by atoms with Crippen molar-refractivity contribution >= 4 is 11.3 Å². The van der Waals surface area contributed by atoms with Crippen molar-refractivity contribution in [2.45, 2.75) is 45.6 Å². The summed E-state index contributed by atoms with van der Waals surface area (Å²) in [6.07, 6.45) is 5.82. The van der Waals surface area contributed by atoms with Gasteiger partial charge in [-0.3, -0.25) is 0 Å². The molecule has 28 heavy (non-hydrogen) atoms. The van der Waals surface area contributed by atoms with E-state index in [0.717, 1.165) is 44.7 Å². The second kappa shape index (κ2) is 11.7. The lowest BCUT2D eigenvalue weighted by molar-refractivity contribution is 0.306. The highest BCUT2D eigenvalue weighted by Gasteiger charge is 2.09. The minimum Gasteiger partial charge on any atom is -0.493 e. The number of nitrogens with one attached hydrogen (secondary N) is 1. The van der Waals surface area contributed by atoms with E-state index in [2.05, 4.69) is 78.3 Å². The van der Waals surface area contributed by atoms with Gasteiger partial charge in [-0.25, -0.2) is 0 Å². The van der Waals surface area contributed by atoms with Crippen LogP contribution in [0, 0.1) is 0 Å². The highest BCUT2D eigenvalue weighted by Crippen LogP contribution is 2.34. The second-order valence-corrected chi connectivity index (χ2v) is 8.08. The third kappa shape index (κ3) is 6.50. The van der Waals surface area contributed by atoms with E-state index in [-0.39, 0.29) is 0 Å². The van der Waals surface area contributed by atoms with Crippen LogP contribution in [-0.2, 0) is 13.0 Å². The highest BCUT2D eigenvalue weighted by molar-refractivity contribution is 7.13. The molecule has 3 heteroatoms. The van der Waals surface area contributed by atoms with Gasteiger partial charge in [0.2, 0.25) is 0 Å². The Balaban J connectivity index is 1.51. The zero-order valence-corrected chi connectivity index (χ0v) is 17.6. The molecule has 0 saturated heterocycles. The summed E-state index contributed by atoms with van der Waals surface area (Å²) in [6.45, 7) is 4.93. The SMILES string of the molecule is CCCNCc1ccc(OCCCCCc2ccccc2)c(-c2cccs2)c1. The standard InChI is InChI=1S/C25H31NOS/c1-2-16-26-20-22-14-15-24(23(19-22)25-13-9-18-28-25)27-17-8-4-7-12-21-10-5-3-6-11-21/h3,5-6,9-11,13-15,18-19,26H,2,4,7-8,12,16-17,20H2,1H3. The molecule has 0 fully saturated rings. The number of hydrogen-bond donors (Lipinski definition) is 1. The minimum atomic E-state index is 0.778. The molecular weight excluding hydrogens is 362 g/mol. The number of benzene rings is 2. The summed E-state index contributed by atoms with van der Waals surface area (Å²) in [4.78, 5) is 1.27. The topological polar surface area (TPSA) is 21.3 Å². The fourth-order valence-corrected chi connectivity index (χ4v) is 4.03. The van der Waals surface area contributed by atoms with E-state index in [1.807, 2.05) is 0 Å². The first kappa shape index (κ1) is 20.6. The lowest BCUT2D eigenvalue weighted by Gasteiger charge is -2.13. The molecule has 0 unspecified atom stereocenters. The maximum absolute atomic E-state index is 6.18. The van der Waals surface area contributed by atoms with Crippen molar-refractivity contribution in [1.29, 1.82) is 0 Å². The van der Waals surface area contributed by atoms with Crippen LogP contribution in [0.1, 0.15) is 43.7 Å². The van der Waals surface area contributed by atoms with Crippen molar-refractivity contribution in [1.82, 2.24) is 5.32 Å². The van der Waals surface area contributed by atoms with Gasteiger partial charge in [-0.1, -0.05) is 49.4 Å². The van der Waals surface area contributed by atoms with Gasteiger partial charge in [-0.2, -0.15) is 0 Å². The highest BCUT2D eigenvalue weighted by atomic mass is 32.1. The van der Waals surface area contributed by atoms with Crippen LogP contribution in [0.15, 0.2) is 66.0 Å². The van der Waals surface area contributed by atoms with Crippen molar-refractivity contribution in [2.75, 3.05) is 13.2 Å². The Hall–Kier alpha value is -2.10. The third-order valence-electron chi connectivity index (χ3n) is 4.80. The van der Waals surface area contributed by atoms with Crippen molar-refractivity contribution in [3.8, 4) is 16.2 Å². The molecule has 1 heterocycles. The Morgan fingerprint density at radius 1 is 0.893 bits per heavy atom. The van der Waals surface area contributed by atoms with Crippen LogP contribution in [0.2, 0.25) is 0 Å². The summed E-state index contributed by atoms with van der Waals surface area (Å²) in [7, 11) is 0. The van der Waals surface area contributed by atoms with E-state index in [1.165, 1.54) is 34.4 Å². The lowest BCUT2D eigenvalue weighted by Crippen LogP contribution is -2.13. The number of unbranched alkanes of at least 4 members (excludes halogenated alkanes) is 2. The van der Waals surface area contributed by atoms with Crippen LogP contribution >= 0.6 is 11.3 Å². The smallest absolute Gasteiger partial charge is 0.127 e. The molecule has 0 saturated carbocycles. The molecule has 0 radical (unpaired) electrons. The maximum Gasteiger partial charge on any atom is 0.127 e. The molecule has 2 nitrogen and oxygen atoms in total. The Kier molecular flexibility index (Phi) is 8.60. The molecule has 3 aromatic rings. The lowest BCUT2D eigenvalue weighted by atomic mass is 10.1. The van der Waals surface area contributed by atoms with Crippen LogP contribution in [0.5, 0.6) is 5.75 Å². The third-order valence-corrected chi connectivity index (χ3v) is 5.70. The fraction of sp³-hybridized carbons (Fsp3) is 0.360. The summed E-state index contributed by atoms with van der Waals surface area (Å²) >= 11 is 1.77. The average Bonchev–Trinajstić information content (AvgIpc) is 3.27. The van der Waals surface area contributed by atoms with Gasteiger partial charge >= 0.3 is 0 Å². The van der Waals surface area contributed by atoms with Crippen molar-refractivity contribution in [2.24, 2.45) is 0 Å². The van der Waals surface area contributed by atoms with Crippen molar-refractivity contribution in [3.63, 3.8) is 0 Å². The normalized spacial score (nSPS) is 10.9. The van der Waals surface area contributed by atoms with Crippen LogP contribution in [0.3, 0.4) is 0 Å². The largest absolute Gasteiger partial charge is 0.493 e. The molecule has 0 aliphatic heterocycles. The summed E-state index contributed by atoms with van der Waals surface area (Å²) < 4.78 is 6.18. The molecule has 1 aromatic heterocycles. The van der Waals surface area contributed by atoms with Crippen LogP contribution in [0.25, 0.3) is 10.4 Å². The second-order valence-electron chi connectivity index (χ2n) is 7.13. The first-order chi connectivity index (χ1) is 13.9. The van der Waals surface area contributed by atoms with E-state index < -0.39 is 0 Å². The Morgan fingerprint density at radius 2 is 1.79 bits per heavy atom.